The molecule has 0 heterocycles. The first-order valence-corrected chi connectivity index (χ1v) is 12.4. The number of amides is 1. The van der Waals surface area contributed by atoms with E-state index in [9.17, 15) is 13.2 Å². The van der Waals surface area contributed by atoms with Gasteiger partial charge >= 0.3 is 0 Å². The van der Waals surface area contributed by atoms with Crippen molar-refractivity contribution >= 4 is 21.6 Å². The molecule has 0 aromatic heterocycles. The van der Waals surface area contributed by atoms with Gasteiger partial charge in [-0.3, -0.25) is 9.52 Å². The highest BCUT2D eigenvalue weighted by Gasteiger charge is 2.16. The lowest BCUT2D eigenvalue weighted by molar-refractivity contribution is 0.0951. The van der Waals surface area contributed by atoms with Gasteiger partial charge in [0, 0.05) is 18.7 Å². The summed E-state index contributed by atoms with van der Waals surface area (Å²) in [6.07, 6.45) is 0.821. The molecule has 6 nitrogen and oxygen atoms in total. The Balaban J connectivity index is 1.49. The molecular weight excluding hydrogens is 434 g/mol. The summed E-state index contributed by atoms with van der Waals surface area (Å²) in [6.45, 7) is 6.07. The molecular formula is C26H31N3O3S. The molecule has 3 rings (SSSR count). The summed E-state index contributed by atoms with van der Waals surface area (Å²) in [4.78, 5) is 14.8. The van der Waals surface area contributed by atoms with Gasteiger partial charge < -0.3 is 10.2 Å². The van der Waals surface area contributed by atoms with Crippen LogP contribution in [0.5, 0.6) is 0 Å². The summed E-state index contributed by atoms with van der Waals surface area (Å²) in [5, 5.41) is 2.90. The Morgan fingerprint density at radius 3 is 2.30 bits per heavy atom. The van der Waals surface area contributed by atoms with Crippen LogP contribution in [0.2, 0.25) is 0 Å². The molecule has 0 aliphatic rings. The van der Waals surface area contributed by atoms with Crippen LogP contribution in [0.25, 0.3) is 0 Å². The fourth-order valence-corrected chi connectivity index (χ4v) is 4.60. The van der Waals surface area contributed by atoms with Crippen molar-refractivity contribution in [1.29, 1.82) is 0 Å². The second-order valence-electron chi connectivity index (χ2n) is 8.21. The van der Waals surface area contributed by atoms with Gasteiger partial charge in [0.1, 0.15) is 0 Å². The Hall–Kier alpha value is -3.16. The smallest absolute Gasteiger partial charge is 0.261 e. The molecule has 1 amide bonds. The number of rotatable bonds is 10. The van der Waals surface area contributed by atoms with Gasteiger partial charge in [0.15, 0.2) is 0 Å². The number of benzene rings is 3. The molecule has 0 aliphatic carbocycles. The SMILES string of the molecule is Cc1cccc(NS(=O)(=O)c2ccc(C(=O)NCCCN(C)Cc3ccccc3)cc2)c1C. The Kier molecular flexibility index (Phi) is 8.25. The molecule has 0 bridgehead atoms. The Morgan fingerprint density at radius 1 is 0.909 bits per heavy atom. The Morgan fingerprint density at radius 2 is 1.61 bits per heavy atom. The van der Waals surface area contributed by atoms with E-state index in [4.69, 9.17) is 0 Å². The van der Waals surface area contributed by atoms with Crippen LogP contribution in [0.15, 0.2) is 77.7 Å². The van der Waals surface area contributed by atoms with E-state index in [-0.39, 0.29) is 10.8 Å². The van der Waals surface area contributed by atoms with E-state index in [2.05, 4.69) is 34.1 Å². The van der Waals surface area contributed by atoms with Crippen molar-refractivity contribution in [3.05, 3.63) is 95.1 Å². The highest BCUT2D eigenvalue weighted by Crippen LogP contribution is 2.22. The maximum absolute atomic E-state index is 12.7. The number of nitrogens with zero attached hydrogens (tertiary/aromatic N) is 1. The van der Waals surface area contributed by atoms with Gasteiger partial charge in [-0.2, -0.15) is 0 Å². The minimum absolute atomic E-state index is 0.113. The zero-order valence-corrected chi connectivity index (χ0v) is 20.2. The van der Waals surface area contributed by atoms with Gasteiger partial charge in [-0.05, 0) is 80.9 Å². The van der Waals surface area contributed by atoms with Crippen LogP contribution in [-0.2, 0) is 16.6 Å². The summed E-state index contributed by atoms with van der Waals surface area (Å²) in [5.41, 5.74) is 4.12. The zero-order chi connectivity index (χ0) is 23.8. The lowest BCUT2D eigenvalue weighted by Crippen LogP contribution is -2.28. The fourth-order valence-electron chi connectivity index (χ4n) is 3.48. The van der Waals surface area contributed by atoms with Gasteiger partial charge in [-0.1, -0.05) is 42.5 Å². The number of carbonyl (C=O) groups excluding carboxylic acids is 1. The highest BCUT2D eigenvalue weighted by atomic mass is 32.2. The normalized spacial score (nSPS) is 11.4. The van der Waals surface area contributed by atoms with Crippen molar-refractivity contribution in [2.45, 2.75) is 31.7 Å². The van der Waals surface area contributed by atoms with Crippen molar-refractivity contribution < 1.29 is 13.2 Å². The topological polar surface area (TPSA) is 78.5 Å². The van der Waals surface area contributed by atoms with Crippen LogP contribution >= 0.6 is 0 Å². The maximum Gasteiger partial charge on any atom is 0.261 e. The maximum atomic E-state index is 12.7. The summed E-state index contributed by atoms with van der Waals surface area (Å²) in [5.74, 6) is -0.216. The summed E-state index contributed by atoms with van der Waals surface area (Å²) in [6, 6.07) is 21.7. The van der Waals surface area contributed by atoms with E-state index in [0.717, 1.165) is 30.6 Å². The molecule has 174 valence electrons. The average Bonchev–Trinajstić information content (AvgIpc) is 2.80. The fraction of sp³-hybridized carbons (Fsp3) is 0.269. The summed E-state index contributed by atoms with van der Waals surface area (Å²) in [7, 11) is -1.68. The zero-order valence-electron chi connectivity index (χ0n) is 19.3. The largest absolute Gasteiger partial charge is 0.352 e. The van der Waals surface area contributed by atoms with Crippen molar-refractivity contribution in [1.82, 2.24) is 10.2 Å². The van der Waals surface area contributed by atoms with E-state index in [1.54, 1.807) is 6.07 Å². The van der Waals surface area contributed by atoms with Crippen molar-refractivity contribution in [3.63, 3.8) is 0 Å². The third-order valence-electron chi connectivity index (χ3n) is 5.57. The number of nitrogens with one attached hydrogen (secondary N) is 2. The first-order chi connectivity index (χ1) is 15.8. The summed E-state index contributed by atoms with van der Waals surface area (Å²) >= 11 is 0. The van der Waals surface area contributed by atoms with Crippen LogP contribution in [0, 0.1) is 13.8 Å². The third-order valence-corrected chi connectivity index (χ3v) is 6.95. The molecule has 0 radical (unpaired) electrons. The van der Waals surface area contributed by atoms with Crippen molar-refractivity contribution in [2.24, 2.45) is 0 Å². The van der Waals surface area contributed by atoms with Gasteiger partial charge in [-0.15, -0.1) is 0 Å². The van der Waals surface area contributed by atoms with Crippen LogP contribution in [0.3, 0.4) is 0 Å². The predicted octanol–water partition coefficient (Wildman–Crippen LogP) is 4.36. The molecule has 0 unspecified atom stereocenters. The number of carbonyl (C=O) groups is 1. The Bertz CT molecular complexity index is 1180. The average molecular weight is 466 g/mol. The van der Waals surface area contributed by atoms with E-state index in [0.29, 0.717) is 17.8 Å². The molecule has 0 saturated carbocycles. The quantitative estimate of drug-likeness (QED) is 0.436. The van der Waals surface area contributed by atoms with E-state index in [1.165, 1.54) is 29.8 Å². The number of hydrogen-bond acceptors (Lipinski definition) is 4. The van der Waals surface area contributed by atoms with Gasteiger partial charge in [-0.25, -0.2) is 8.42 Å². The number of aryl methyl sites for hydroxylation is 1. The third kappa shape index (κ3) is 6.91. The second-order valence-corrected chi connectivity index (χ2v) is 9.89. The van der Waals surface area contributed by atoms with Crippen LogP contribution in [0.4, 0.5) is 5.69 Å². The van der Waals surface area contributed by atoms with E-state index in [1.807, 2.05) is 44.2 Å². The molecule has 0 atom stereocenters. The minimum atomic E-state index is -3.74. The number of hydrogen-bond donors (Lipinski definition) is 2. The van der Waals surface area contributed by atoms with Gasteiger partial charge in [0.25, 0.3) is 15.9 Å². The predicted molar refractivity (Wildman–Crippen MR) is 133 cm³/mol. The van der Waals surface area contributed by atoms with Crippen molar-refractivity contribution in [2.75, 3.05) is 24.9 Å². The first kappa shape index (κ1) is 24.5. The molecule has 0 aliphatic heterocycles. The molecule has 3 aromatic carbocycles. The standard InChI is InChI=1S/C26H31N3O3S/c1-20-9-7-12-25(21(20)2)28-33(31,32)24-15-13-23(14-16-24)26(30)27-17-8-18-29(3)19-22-10-5-4-6-11-22/h4-7,9-16,28H,8,17-19H2,1-3H3,(H,27,30). The summed E-state index contributed by atoms with van der Waals surface area (Å²) < 4.78 is 28.1. The number of sulfonamides is 1. The van der Waals surface area contributed by atoms with E-state index >= 15 is 0 Å². The molecule has 33 heavy (non-hydrogen) atoms. The Labute approximate surface area is 196 Å². The molecule has 0 spiro atoms. The van der Waals surface area contributed by atoms with Gasteiger partial charge in [0.2, 0.25) is 0 Å². The second kappa shape index (κ2) is 11.1. The van der Waals surface area contributed by atoms with Crippen molar-refractivity contribution in [3.8, 4) is 0 Å². The molecule has 2 N–H and O–H groups in total. The lowest BCUT2D eigenvalue weighted by Gasteiger charge is -2.16. The van der Waals surface area contributed by atoms with Crippen LogP contribution in [-0.4, -0.2) is 39.4 Å². The van der Waals surface area contributed by atoms with Crippen LogP contribution in [0.1, 0.15) is 33.5 Å². The minimum Gasteiger partial charge on any atom is -0.352 e. The molecule has 0 fully saturated rings. The van der Waals surface area contributed by atoms with E-state index < -0.39 is 10.0 Å². The highest BCUT2D eigenvalue weighted by molar-refractivity contribution is 7.92. The first-order valence-electron chi connectivity index (χ1n) is 11.0. The monoisotopic (exact) mass is 465 g/mol. The van der Waals surface area contributed by atoms with Gasteiger partial charge in [0.05, 0.1) is 10.6 Å². The lowest BCUT2D eigenvalue weighted by atomic mass is 10.1. The molecule has 7 heteroatoms. The van der Waals surface area contributed by atoms with Crippen LogP contribution < -0.4 is 10.0 Å². The molecule has 3 aromatic rings. The molecule has 0 saturated heterocycles. The number of anilines is 1.